The molecule has 2 aromatic rings. The first-order chi connectivity index (χ1) is 14.9. The summed E-state index contributed by atoms with van der Waals surface area (Å²) in [6, 6.07) is 12.9. The standard InChI is InChI=1S/C26H35N3O3/c1-17(2)15-29-21-14-20(12-13-22(21)32-16-26(6,7)23(29)30)28-24(31)27-19-10-8-18(9-11-19)25(3,4)5/h8-14,17H,15-16H2,1-7H3,(H2,27,28,31). The average molecular weight is 438 g/mol. The summed E-state index contributed by atoms with van der Waals surface area (Å²) in [7, 11) is 0. The van der Waals surface area contributed by atoms with E-state index in [1.54, 1.807) is 17.0 Å². The van der Waals surface area contributed by atoms with Crippen molar-refractivity contribution >= 4 is 29.0 Å². The lowest BCUT2D eigenvalue weighted by atomic mass is 9.87. The minimum Gasteiger partial charge on any atom is -0.490 e. The molecule has 32 heavy (non-hydrogen) atoms. The summed E-state index contributed by atoms with van der Waals surface area (Å²) in [6.45, 7) is 15.3. The molecule has 2 N–H and O–H groups in total. The first kappa shape index (κ1) is 23.6. The summed E-state index contributed by atoms with van der Waals surface area (Å²) in [5, 5.41) is 5.74. The highest BCUT2D eigenvalue weighted by Crippen LogP contribution is 2.38. The number of carbonyl (C=O) groups excluding carboxylic acids is 2. The molecule has 0 aliphatic carbocycles. The van der Waals surface area contributed by atoms with Gasteiger partial charge in [0.1, 0.15) is 12.4 Å². The largest absolute Gasteiger partial charge is 0.490 e. The Balaban J connectivity index is 1.79. The third-order valence-electron chi connectivity index (χ3n) is 5.48. The molecule has 0 aromatic heterocycles. The molecular weight excluding hydrogens is 402 g/mol. The second-order valence-corrected chi connectivity index (χ2v) is 10.6. The van der Waals surface area contributed by atoms with E-state index in [0.29, 0.717) is 36.0 Å². The molecule has 1 aliphatic rings. The van der Waals surface area contributed by atoms with Gasteiger partial charge in [-0.3, -0.25) is 4.79 Å². The molecule has 0 fully saturated rings. The molecule has 0 unspecified atom stereocenters. The van der Waals surface area contributed by atoms with Crippen molar-refractivity contribution in [3.05, 3.63) is 48.0 Å². The average Bonchev–Trinajstić information content (AvgIpc) is 2.78. The summed E-state index contributed by atoms with van der Waals surface area (Å²) in [5.74, 6) is 0.954. The van der Waals surface area contributed by atoms with Crippen LogP contribution in [0.4, 0.5) is 21.9 Å². The van der Waals surface area contributed by atoms with Crippen LogP contribution in [0, 0.1) is 11.3 Å². The number of urea groups is 1. The van der Waals surface area contributed by atoms with Crippen LogP contribution in [0.1, 0.15) is 54.0 Å². The van der Waals surface area contributed by atoms with Crippen molar-refractivity contribution in [3.8, 4) is 5.75 Å². The second kappa shape index (κ2) is 8.85. The zero-order chi connectivity index (χ0) is 23.7. The van der Waals surface area contributed by atoms with Crippen LogP contribution in [0.5, 0.6) is 5.75 Å². The van der Waals surface area contributed by atoms with Gasteiger partial charge in [-0.15, -0.1) is 0 Å². The van der Waals surface area contributed by atoms with Crippen molar-refractivity contribution in [3.63, 3.8) is 0 Å². The Hall–Kier alpha value is -3.02. The molecule has 3 amide bonds. The van der Waals surface area contributed by atoms with Crippen LogP contribution in [-0.4, -0.2) is 25.1 Å². The fraction of sp³-hybridized carbons (Fsp3) is 0.462. The Morgan fingerprint density at radius 1 is 1.06 bits per heavy atom. The molecule has 0 spiro atoms. The van der Waals surface area contributed by atoms with Crippen molar-refractivity contribution in [2.75, 3.05) is 28.7 Å². The molecule has 6 heteroatoms. The molecule has 0 saturated heterocycles. The van der Waals surface area contributed by atoms with Gasteiger partial charge in [0.2, 0.25) is 5.91 Å². The van der Waals surface area contributed by atoms with E-state index in [2.05, 4.69) is 45.3 Å². The van der Waals surface area contributed by atoms with Crippen molar-refractivity contribution in [2.45, 2.75) is 53.9 Å². The van der Waals surface area contributed by atoms with Gasteiger partial charge in [0.05, 0.1) is 11.1 Å². The fourth-order valence-corrected chi connectivity index (χ4v) is 3.62. The van der Waals surface area contributed by atoms with Crippen molar-refractivity contribution in [1.29, 1.82) is 0 Å². The van der Waals surface area contributed by atoms with Gasteiger partial charge >= 0.3 is 6.03 Å². The van der Waals surface area contributed by atoms with Crippen molar-refractivity contribution < 1.29 is 14.3 Å². The molecule has 172 valence electrons. The van der Waals surface area contributed by atoms with Crippen LogP contribution < -0.4 is 20.3 Å². The maximum atomic E-state index is 13.2. The number of anilines is 3. The van der Waals surface area contributed by atoms with Gasteiger partial charge in [-0.1, -0.05) is 46.8 Å². The van der Waals surface area contributed by atoms with Crippen LogP contribution in [0.2, 0.25) is 0 Å². The molecule has 1 aliphatic heterocycles. The summed E-state index contributed by atoms with van der Waals surface area (Å²) in [4.78, 5) is 27.6. The number of rotatable bonds is 4. The highest BCUT2D eigenvalue weighted by molar-refractivity contribution is 6.02. The molecule has 0 radical (unpaired) electrons. The topological polar surface area (TPSA) is 70.7 Å². The van der Waals surface area contributed by atoms with E-state index in [-0.39, 0.29) is 23.3 Å². The molecule has 0 bridgehead atoms. The SMILES string of the molecule is CC(C)CN1C(=O)C(C)(C)COc2ccc(NC(=O)Nc3ccc(C(C)(C)C)cc3)cc21. The molecule has 6 nitrogen and oxygen atoms in total. The Labute approximate surface area is 191 Å². The molecule has 1 heterocycles. The van der Waals surface area contributed by atoms with E-state index in [9.17, 15) is 9.59 Å². The van der Waals surface area contributed by atoms with E-state index >= 15 is 0 Å². The lowest BCUT2D eigenvalue weighted by Gasteiger charge is -2.29. The zero-order valence-corrected chi connectivity index (χ0v) is 20.2. The number of hydrogen-bond donors (Lipinski definition) is 2. The van der Waals surface area contributed by atoms with Gasteiger partial charge in [-0.2, -0.15) is 0 Å². The maximum Gasteiger partial charge on any atom is 0.323 e. The third-order valence-corrected chi connectivity index (χ3v) is 5.48. The lowest BCUT2D eigenvalue weighted by molar-refractivity contribution is -0.127. The number of benzene rings is 2. The minimum absolute atomic E-state index is 0.0190. The van der Waals surface area contributed by atoms with Crippen LogP contribution in [-0.2, 0) is 10.2 Å². The summed E-state index contributed by atoms with van der Waals surface area (Å²) in [5.41, 5.74) is 2.62. The second-order valence-electron chi connectivity index (χ2n) is 10.6. The van der Waals surface area contributed by atoms with Gasteiger partial charge in [-0.05, 0) is 61.1 Å². The first-order valence-electron chi connectivity index (χ1n) is 11.1. The van der Waals surface area contributed by atoms with E-state index in [4.69, 9.17) is 4.74 Å². The molecular formula is C26H35N3O3. The van der Waals surface area contributed by atoms with Crippen molar-refractivity contribution in [1.82, 2.24) is 0 Å². The molecule has 0 saturated carbocycles. The fourth-order valence-electron chi connectivity index (χ4n) is 3.62. The van der Waals surface area contributed by atoms with Gasteiger partial charge in [0.15, 0.2) is 0 Å². The van der Waals surface area contributed by atoms with E-state index < -0.39 is 5.41 Å². The monoisotopic (exact) mass is 437 g/mol. The maximum absolute atomic E-state index is 13.2. The molecule has 0 atom stereocenters. The number of fused-ring (bicyclic) bond motifs is 1. The van der Waals surface area contributed by atoms with E-state index in [0.717, 1.165) is 0 Å². The van der Waals surface area contributed by atoms with Crippen LogP contribution in [0.25, 0.3) is 0 Å². The first-order valence-corrected chi connectivity index (χ1v) is 11.1. The van der Waals surface area contributed by atoms with Crippen LogP contribution in [0.15, 0.2) is 42.5 Å². The Kier molecular flexibility index (Phi) is 6.54. The summed E-state index contributed by atoms with van der Waals surface area (Å²) in [6.07, 6.45) is 0. The van der Waals surface area contributed by atoms with Crippen LogP contribution >= 0.6 is 0 Å². The highest BCUT2D eigenvalue weighted by Gasteiger charge is 2.38. The van der Waals surface area contributed by atoms with Gasteiger partial charge in [0, 0.05) is 17.9 Å². The number of hydrogen-bond acceptors (Lipinski definition) is 3. The lowest BCUT2D eigenvalue weighted by Crippen LogP contribution is -2.43. The third kappa shape index (κ3) is 5.42. The number of nitrogens with one attached hydrogen (secondary N) is 2. The van der Waals surface area contributed by atoms with Gasteiger partial charge in [0.25, 0.3) is 0 Å². The number of ether oxygens (including phenoxy) is 1. The summed E-state index contributed by atoms with van der Waals surface area (Å²) < 4.78 is 5.95. The van der Waals surface area contributed by atoms with Crippen molar-refractivity contribution in [2.24, 2.45) is 11.3 Å². The predicted octanol–water partition coefficient (Wildman–Crippen LogP) is 6.04. The quantitative estimate of drug-likeness (QED) is 0.613. The molecule has 2 aromatic carbocycles. The number of carbonyl (C=O) groups is 2. The number of nitrogens with zero attached hydrogens (tertiary/aromatic N) is 1. The predicted molar refractivity (Wildman–Crippen MR) is 131 cm³/mol. The highest BCUT2D eigenvalue weighted by atomic mass is 16.5. The van der Waals surface area contributed by atoms with Gasteiger partial charge in [-0.25, -0.2) is 4.79 Å². The Morgan fingerprint density at radius 2 is 1.66 bits per heavy atom. The smallest absolute Gasteiger partial charge is 0.323 e. The Bertz CT molecular complexity index is 988. The summed E-state index contributed by atoms with van der Waals surface area (Å²) >= 11 is 0. The zero-order valence-electron chi connectivity index (χ0n) is 20.2. The van der Waals surface area contributed by atoms with E-state index in [1.165, 1.54) is 5.56 Å². The number of amides is 3. The molecule has 3 rings (SSSR count). The van der Waals surface area contributed by atoms with Crippen LogP contribution in [0.3, 0.4) is 0 Å². The van der Waals surface area contributed by atoms with Gasteiger partial charge < -0.3 is 20.3 Å². The Morgan fingerprint density at radius 3 is 2.25 bits per heavy atom. The minimum atomic E-state index is -0.627. The van der Waals surface area contributed by atoms with E-state index in [1.807, 2.05) is 44.2 Å². The normalized spacial score (nSPS) is 15.6.